The van der Waals surface area contributed by atoms with Crippen molar-refractivity contribution in [3.63, 3.8) is 0 Å². The molecule has 0 aliphatic rings. The number of rotatable bonds is 8. The monoisotopic (exact) mass is 462 g/mol. The molecule has 4 rings (SSSR count). The van der Waals surface area contributed by atoms with Gasteiger partial charge in [-0.05, 0) is 67.8 Å². The Morgan fingerprint density at radius 2 is 1.91 bits per heavy atom. The number of pyridine rings is 1. The number of nitrogens with two attached hydrogens (primary N) is 1. The molecule has 0 spiro atoms. The van der Waals surface area contributed by atoms with Crippen LogP contribution in [0.2, 0.25) is 0 Å². The van der Waals surface area contributed by atoms with Crippen molar-refractivity contribution in [2.45, 2.75) is 40.3 Å². The minimum atomic E-state index is -0.466. The van der Waals surface area contributed by atoms with Crippen LogP contribution in [0, 0.1) is 19.7 Å². The van der Waals surface area contributed by atoms with Crippen molar-refractivity contribution in [3.05, 3.63) is 82.6 Å². The van der Waals surface area contributed by atoms with Crippen molar-refractivity contribution in [1.82, 2.24) is 4.98 Å². The molecule has 2 aromatic carbocycles. The highest BCUT2D eigenvalue weighted by Gasteiger charge is 2.17. The maximum Gasteiger partial charge on any atom is 0.310 e. The van der Waals surface area contributed by atoms with Gasteiger partial charge < -0.3 is 19.6 Å². The number of aromatic nitrogens is 1. The van der Waals surface area contributed by atoms with Gasteiger partial charge in [-0.15, -0.1) is 0 Å². The number of hydrogen-bond donors (Lipinski definition) is 1. The molecule has 2 heterocycles. The predicted molar refractivity (Wildman–Crippen MR) is 128 cm³/mol. The van der Waals surface area contributed by atoms with E-state index in [4.69, 9.17) is 19.6 Å². The van der Waals surface area contributed by atoms with E-state index >= 15 is 4.39 Å². The molecule has 0 unspecified atom stereocenters. The third-order valence-electron chi connectivity index (χ3n) is 5.77. The number of halogens is 1. The van der Waals surface area contributed by atoms with Crippen molar-refractivity contribution in [1.29, 1.82) is 0 Å². The largest absolute Gasteiger partial charge is 0.489 e. The van der Waals surface area contributed by atoms with E-state index in [-0.39, 0.29) is 31.2 Å². The molecule has 0 saturated carbocycles. The van der Waals surface area contributed by atoms with Crippen LogP contribution in [-0.4, -0.2) is 17.6 Å². The summed E-state index contributed by atoms with van der Waals surface area (Å²) in [6.45, 7) is 6.31. The van der Waals surface area contributed by atoms with Gasteiger partial charge in [-0.2, -0.15) is 0 Å². The number of carbonyl (C=O) groups excluding carboxylic acids is 1. The SMILES string of the molecule is CCOC(=O)Cc1cc(C)c(C)cc1OCc1cc(-c2ccnc(CN)c2F)c2occc2c1. The highest BCUT2D eigenvalue weighted by Crippen LogP contribution is 2.34. The van der Waals surface area contributed by atoms with Gasteiger partial charge in [0.05, 0.1) is 25.0 Å². The summed E-state index contributed by atoms with van der Waals surface area (Å²) in [6, 6.07) is 11.1. The lowest BCUT2D eigenvalue weighted by Crippen LogP contribution is -2.10. The molecule has 0 atom stereocenters. The van der Waals surface area contributed by atoms with Gasteiger partial charge >= 0.3 is 5.97 Å². The number of nitrogens with zero attached hydrogens (tertiary/aromatic N) is 1. The number of benzene rings is 2. The molecule has 4 aromatic rings. The van der Waals surface area contributed by atoms with Gasteiger partial charge in [0, 0.05) is 34.8 Å². The Bertz CT molecular complexity index is 1350. The first-order chi connectivity index (χ1) is 16.4. The van der Waals surface area contributed by atoms with E-state index in [1.165, 1.54) is 6.20 Å². The third-order valence-corrected chi connectivity index (χ3v) is 5.77. The molecule has 0 aliphatic carbocycles. The van der Waals surface area contributed by atoms with E-state index in [0.717, 1.165) is 27.6 Å². The highest BCUT2D eigenvalue weighted by atomic mass is 19.1. The zero-order valence-corrected chi connectivity index (χ0v) is 19.5. The Hall–Kier alpha value is -3.71. The molecular formula is C27H27FN2O4. The van der Waals surface area contributed by atoms with Crippen LogP contribution in [0.15, 0.2) is 53.3 Å². The third kappa shape index (κ3) is 4.79. The number of esters is 1. The van der Waals surface area contributed by atoms with Crippen LogP contribution in [0.1, 0.15) is 34.9 Å². The number of ether oxygens (including phenoxy) is 2. The highest BCUT2D eigenvalue weighted by molar-refractivity contribution is 5.93. The molecule has 0 bridgehead atoms. The minimum Gasteiger partial charge on any atom is -0.489 e. The summed E-state index contributed by atoms with van der Waals surface area (Å²) in [7, 11) is 0. The summed E-state index contributed by atoms with van der Waals surface area (Å²) < 4.78 is 32.0. The molecule has 0 fully saturated rings. The van der Waals surface area contributed by atoms with E-state index in [1.54, 1.807) is 19.3 Å². The Morgan fingerprint density at radius 1 is 1.12 bits per heavy atom. The number of hydrogen-bond acceptors (Lipinski definition) is 6. The molecule has 7 heteroatoms. The van der Waals surface area contributed by atoms with Crippen molar-refractivity contribution < 1.29 is 23.1 Å². The van der Waals surface area contributed by atoms with Gasteiger partial charge in [-0.1, -0.05) is 6.07 Å². The summed E-state index contributed by atoms with van der Waals surface area (Å²) in [5, 5.41) is 0.827. The second kappa shape index (κ2) is 10.1. The van der Waals surface area contributed by atoms with Crippen molar-refractivity contribution in [3.8, 4) is 16.9 Å². The number of carbonyl (C=O) groups is 1. The number of fused-ring (bicyclic) bond motifs is 1. The van der Waals surface area contributed by atoms with Crippen LogP contribution in [0.25, 0.3) is 22.1 Å². The fourth-order valence-electron chi connectivity index (χ4n) is 3.92. The average molecular weight is 463 g/mol. The normalized spacial score (nSPS) is 11.1. The molecule has 176 valence electrons. The van der Waals surface area contributed by atoms with Gasteiger partial charge in [0.1, 0.15) is 17.9 Å². The molecule has 0 amide bonds. The zero-order valence-electron chi connectivity index (χ0n) is 19.5. The quantitative estimate of drug-likeness (QED) is 0.353. The zero-order chi connectivity index (χ0) is 24.2. The Morgan fingerprint density at radius 3 is 2.68 bits per heavy atom. The minimum absolute atomic E-state index is 0.000208. The van der Waals surface area contributed by atoms with E-state index in [2.05, 4.69) is 4.98 Å². The van der Waals surface area contributed by atoms with Crippen LogP contribution < -0.4 is 10.5 Å². The molecular weight excluding hydrogens is 435 g/mol. The molecule has 0 saturated heterocycles. The topological polar surface area (TPSA) is 87.6 Å². The maximum atomic E-state index is 15.0. The lowest BCUT2D eigenvalue weighted by molar-refractivity contribution is -0.142. The van der Waals surface area contributed by atoms with Gasteiger partial charge in [0.15, 0.2) is 5.82 Å². The first-order valence-corrected chi connectivity index (χ1v) is 11.1. The van der Waals surface area contributed by atoms with Gasteiger partial charge in [0.2, 0.25) is 0 Å². The van der Waals surface area contributed by atoms with Gasteiger partial charge in [-0.3, -0.25) is 9.78 Å². The number of furan rings is 1. The second-order valence-corrected chi connectivity index (χ2v) is 8.12. The fraction of sp³-hybridized carbons (Fsp3) is 0.259. The van der Waals surface area contributed by atoms with E-state index in [1.807, 2.05) is 44.2 Å². The Labute approximate surface area is 197 Å². The first kappa shape index (κ1) is 23.4. The van der Waals surface area contributed by atoms with Crippen LogP contribution in [0.3, 0.4) is 0 Å². The molecule has 0 aliphatic heterocycles. The lowest BCUT2D eigenvalue weighted by atomic mass is 10.00. The van der Waals surface area contributed by atoms with Gasteiger partial charge in [-0.25, -0.2) is 4.39 Å². The maximum absolute atomic E-state index is 15.0. The van der Waals surface area contributed by atoms with Crippen molar-refractivity contribution in [2.75, 3.05) is 6.61 Å². The van der Waals surface area contributed by atoms with Crippen LogP contribution in [-0.2, 0) is 29.1 Å². The predicted octanol–water partition coefficient (Wildman–Crippen LogP) is 5.39. The second-order valence-electron chi connectivity index (χ2n) is 8.12. The molecule has 2 aromatic heterocycles. The molecule has 34 heavy (non-hydrogen) atoms. The molecule has 0 radical (unpaired) electrons. The fourth-order valence-corrected chi connectivity index (χ4v) is 3.92. The van der Waals surface area contributed by atoms with E-state index < -0.39 is 5.82 Å². The Kier molecular flexibility index (Phi) is 6.93. The van der Waals surface area contributed by atoms with E-state index in [0.29, 0.717) is 29.1 Å². The lowest BCUT2D eigenvalue weighted by Gasteiger charge is -2.15. The van der Waals surface area contributed by atoms with Crippen molar-refractivity contribution in [2.24, 2.45) is 5.73 Å². The Balaban J connectivity index is 1.68. The van der Waals surface area contributed by atoms with Crippen molar-refractivity contribution >= 4 is 16.9 Å². The van der Waals surface area contributed by atoms with Crippen LogP contribution in [0.5, 0.6) is 5.75 Å². The first-order valence-electron chi connectivity index (χ1n) is 11.1. The number of aryl methyl sites for hydroxylation is 2. The van der Waals surface area contributed by atoms with E-state index in [9.17, 15) is 4.79 Å². The standard InChI is InChI=1S/C27H27FN2O4/c1-4-32-25(31)13-20-9-16(2)17(3)10-24(20)34-15-18-11-19-6-8-33-27(19)22(12-18)21-5-7-30-23(14-29)26(21)28/h5-12H,4,13-15,29H2,1-3H3. The smallest absolute Gasteiger partial charge is 0.310 e. The molecule has 6 nitrogen and oxygen atoms in total. The summed E-state index contributed by atoms with van der Waals surface area (Å²) in [4.78, 5) is 16.1. The average Bonchev–Trinajstić information content (AvgIpc) is 3.29. The summed E-state index contributed by atoms with van der Waals surface area (Å²) in [6.07, 6.45) is 3.23. The summed E-state index contributed by atoms with van der Waals surface area (Å²) >= 11 is 0. The summed E-state index contributed by atoms with van der Waals surface area (Å²) in [5.74, 6) is -0.154. The summed E-state index contributed by atoms with van der Waals surface area (Å²) in [5.41, 5.74) is 11.1. The van der Waals surface area contributed by atoms with Crippen LogP contribution >= 0.6 is 0 Å². The molecule has 2 N–H and O–H groups in total. The van der Waals surface area contributed by atoms with Gasteiger partial charge in [0.25, 0.3) is 0 Å². The van der Waals surface area contributed by atoms with Crippen LogP contribution in [0.4, 0.5) is 4.39 Å².